The fraction of sp³-hybridized carbons (Fsp3) is 0.667. The van der Waals surface area contributed by atoms with Gasteiger partial charge in [0.2, 0.25) is 0 Å². The molecule has 0 saturated carbocycles. The molecular weight excluding hydrogens is 326 g/mol. The number of carboxylic acids is 1. The van der Waals surface area contributed by atoms with Crippen LogP contribution in [0.2, 0.25) is 0 Å². The molecule has 140 valence electrons. The van der Waals surface area contributed by atoms with Gasteiger partial charge >= 0.3 is 12.1 Å². The Kier molecular flexibility index (Phi) is 7.80. The first-order chi connectivity index (χ1) is 11.6. The quantitative estimate of drug-likeness (QED) is 0.681. The second kappa shape index (κ2) is 9.34. The van der Waals surface area contributed by atoms with Crippen LogP contribution in [-0.4, -0.2) is 40.9 Å². The molecule has 0 aromatic rings. The first-order valence-electron chi connectivity index (χ1n) is 8.52. The van der Waals surface area contributed by atoms with Crippen LogP contribution in [0.25, 0.3) is 0 Å². The molecule has 7 heteroatoms. The van der Waals surface area contributed by atoms with E-state index in [4.69, 9.17) is 4.74 Å². The molecular formula is C18H27NO6. The summed E-state index contributed by atoms with van der Waals surface area (Å²) in [6, 6.07) is 0. The van der Waals surface area contributed by atoms with Crippen molar-refractivity contribution < 1.29 is 29.0 Å². The first kappa shape index (κ1) is 20.9. The highest BCUT2D eigenvalue weighted by molar-refractivity contribution is 6.01. The van der Waals surface area contributed by atoms with E-state index in [1.165, 1.54) is 12.2 Å². The SMILES string of the molecule is CC(C)(C)OC(=O)NCCCC[C@@H](C(=O)O)C1CC(=O)C=CC(=O)C1. The average molecular weight is 353 g/mol. The van der Waals surface area contributed by atoms with Crippen molar-refractivity contribution in [2.45, 2.75) is 58.5 Å². The maximum atomic E-state index is 11.6. The van der Waals surface area contributed by atoms with E-state index in [1.54, 1.807) is 20.8 Å². The van der Waals surface area contributed by atoms with E-state index in [2.05, 4.69) is 5.32 Å². The Balaban J connectivity index is 2.41. The lowest BCUT2D eigenvalue weighted by Crippen LogP contribution is -2.33. The highest BCUT2D eigenvalue weighted by Crippen LogP contribution is 2.28. The fourth-order valence-corrected chi connectivity index (χ4v) is 2.75. The van der Waals surface area contributed by atoms with Crippen LogP contribution < -0.4 is 5.32 Å². The van der Waals surface area contributed by atoms with Gasteiger partial charge < -0.3 is 15.2 Å². The third kappa shape index (κ3) is 8.47. The molecule has 0 heterocycles. The number of hydrogen-bond acceptors (Lipinski definition) is 5. The number of ketones is 2. The molecule has 25 heavy (non-hydrogen) atoms. The number of rotatable bonds is 7. The third-order valence-electron chi connectivity index (χ3n) is 3.88. The van der Waals surface area contributed by atoms with Crippen molar-refractivity contribution >= 4 is 23.6 Å². The van der Waals surface area contributed by atoms with E-state index in [1.807, 2.05) is 0 Å². The molecule has 0 aromatic carbocycles. The van der Waals surface area contributed by atoms with Crippen LogP contribution in [0, 0.1) is 11.8 Å². The molecule has 7 nitrogen and oxygen atoms in total. The van der Waals surface area contributed by atoms with Crippen molar-refractivity contribution in [2.75, 3.05) is 6.54 Å². The highest BCUT2D eigenvalue weighted by Gasteiger charge is 2.31. The number of aliphatic carboxylic acids is 1. The van der Waals surface area contributed by atoms with Crippen molar-refractivity contribution in [2.24, 2.45) is 11.8 Å². The minimum absolute atomic E-state index is 0.0787. The number of unbranched alkanes of at least 4 members (excludes halogenated alkanes) is 1. The number of hydrogen-bond donors (Lipinski definition) is 2. The summed E-state index contributed by atoms with van der Waals surface area (Å²) in [4.78, 5) is 46.3. The summed E-state index contributed by atoms with van der Waals surface area (Å²) >= 11 is 0. The smallest absolute Gasteiger partial charge is 0.407 e. The average Bonchev–Trinajstić information content (AvgIpc) is 2.61. The number of ether oxygens (including phenoxy) is 1. The minimum Gasteiger partial charge on any atom is -0.481 e. The zero-order chi connectivity index (χ0) is 19.0. The normalized spacial score (nSPS) is 17.1. The zero-order valence-corrected chi connectivity index (χ0v) is 15.0. The lowest BCUT2D eigenvalue weighted by molar-refractivity contribution is -0.144. The molecule has 0 unspecified atom stereocenters. The van der Waals surface area contributed by atoms with E-state index in [9.17, 15) is 24.3 Å². The molecule has 0 aliphatic heterocycles. The summed E-state index contributed by atoms with van der Waals surface area (Å²) < 4.78 is 5.11. The van der Waals surface area contributed by atoms with Crippen LogP contribution in [0.15, 0.2) is 12.2 Å². The van der Waals surface area contributed by atoms with Gasteiger partial charge in [0.15, 0.2) is 11.6 Å². The molecule has 0 bridgehead atoms. The predicted octanol–water partition coefficient (Wildman–Crippen LogP) is 2.49. The van der Waals surface area contributed by atoms with Gasteiger partial charge in [-0.15, -0.1) is 0 Å². The fourth-order valence-electron chi connectivity index (χ4n) is 2.75. The number of nitrogens with one attached hydrogen (secondary N) is 1. The molecule has 1 rings (SSSR count). The summed E-state index contributed by atoms with van der Waals surface area (Å²) in [5.74, 6) is -2.64. The lowest BCUT2D eigenvalue weighted by atomic mass is 9.82. The second-order valence-corrected chi connectivity index (χ2v) is 7.30. The van der Waals surface area contributed by atoms with Crippen molar-refractivity contribution in [3.63, 3.8) is 0 Å². The van der Waals surface area contributed by atoms with Crippen LogP contribution in [-0.2, 0) is 19.1 Å². The lowest BCUT2D eigenvalue weighted by Gasteiger charge is -2.22. The predicted molar refractivity (Wildman–Crippen MR) is 91.1 cm³/mol. The van der Waals surface area contributed by atoms with Crippen LogP contribution in [0.5, 0.6) is 0 Å². The number of amides is 1. The number of carbonyl (C=O) groups excluding carboxylic acids is 3. The molecule has 1 aliphatic carbocycles. The molecule has 1 aliphatic rings. The summed E-state index contributed by atoms with van der Waals surface area (Å²) in [6.07, 6.45) is 3.63. The molecule has 2 N–H and O–H groups in total. The zero-order valence-electron chi connectivity index (χ0n) is 15.0. The van der Waals surface area contributed by atoms with Crippen molar-refractivity contribution in [3.05, 3.63) is 12.2 Å². The van der Waals surface area contributed by atoms with Gasteiger partial charge in [-0.3, -0.25) is 14.4 Å². The van der Waals surface area contributed by atoms with E-state index in [0.29, 0.717) is 25.8 Å². The molecule has 0 spiro atoms. The first-order valence-corrected chi connectivity index (χ1v) is 8.52. The third-order valence-corrected chi connectivity index (χ3v) is 3.88. The molecule has 0 radical (unpaired) electrons. The Bertz CT molecular complexity index is 526. The summed E-state index contributed by atoms with van der Waals surface area (Å²) in [5, 5.41) is 12.0. The summed E-state index contributed by atoms with van der Waals surface area (Å²) in [6.45, 7) is 5.70. The van der Waals surface area contributed by atoms with E-state index in [-0.39, 0.29) is 24.4 Å². The van der Waals surface area contributed by atoms with Crippen molar-refractivity contribution in [1.82, 2.24) is 5.32 Å². The monoisotopic (exact) mass is 353 g/mol. The molecule has 1 atom stereocenters. The van der Waals surface area contributed by atoms with Gasteiger partial charge in [0, 0.05) is 19.4 Å². The minimum atomic E-state index is -0.993. The van der Waals surface area contributed by atoms with Gasteiger partial charge in [-0.25, -0.2) is 4.79 Å². The van der Waals surface area contributed by atoms with E-state index >= 15 is 0 Å². The van der Waals surface area contributed by atoms with E-state index < -0.39 is 29.5 Å². The molecule has 1 amide bonds. The summed E-state index contributed by atoms with van der Waals surface area (Å²) in [7, 11) is 0. The largest absolute Gasteiger partial charge is 0.481 e. The molecule has 0 aromatic heterocycles. The Morgan fingerprint density at radius 3 is 2.24 bits per heavy atom. The Hall–Kier alpha value is -2.18. The van der Waals surface area contributed by atoms with Gasteiger partial charge in [0.1, 0.15) is 5.60 Å². The summed E-state index contributed by atoms with van der Waals surface area (Å²) in [5.41, 5.74) is -0.564. The Morgan fingerprint density at radius 2 is 1.76 bits per heavy atom. The number of alkyl carbamates (subject to hydrolysis) is 1. The van der Waals surface area contributed by atoms with Crippen molar-refractivity contribution in [1.29, 1.82) is 0 Å². The number of carbonyl (C=O) groups is 4. The number of carboxylic acid groups (broad SMARTS) is 1. The van der Waals surface area contributed by atoms with Crippen molar-refractivity contribution in [3.8, 4) is 0 Å². The topological polar surface area (TPSA) is 110 Å². The highest BCUT2D eigenvalue weighted by atomic mass is 16.6. The Labute approximate surface area is 147 Å². The van der Waals surface area contributed by atoms with E-state index in [0.717, 1.165) is 0 Å². The van der Waals surface area contributed by atoms with Crippen LogP contribution >= 0.6 is 0 Å². The number of allylic oxidation sites excluding steroid dienone is 2. The molecule has 0 fully saturated rings. The van der Waals surface area contributed by atoms with Crippen LogP contribution in [0.3, 0.4) is 0 Å². The Morgan fingerprint density at radius 1 is 1.20 bits per heavy atom. The standard InChI is InChI=1S/C18H27NO6/c1-18(2,3)25-17(24)19-9-5-4-6-15(16(22)23)12-10-13(20)7-8-14(21)11-12/h7-8,12,15H,4-6,9-11H2,1-3H3,(H,19,24)(H,22,23)/t15-/m1/s1. The van der Waals surface area contributed by atoms with Crippen LogP contribution in [0.1, 0.15) is 52.9 Å². The second-order valence-electron chi connectivity index (χ2n) is 7.30. The van der Waals surface area contributed by atoms with Gasteiger partial charge in [0.25, 0.3) is 0 Å². The molecule has 0 saturated heterocycles. The van der Waals surface area contributed by atoms with Gasteiger partial charge in [-0.1, -0.05) is 6.42 Å². The maximum Gasteiger partial charge on any atom is 0.407 e. The maximum absolute atomic E-state index is 11.6. The van der Waals surface area contributed by atoms with Gasteiger partial charge in [0.05, 0.1) is 5.92 Å². The van der Waals surface area contributed by atoms with Gasteiger partial charge in [-0.05, 0) is 51.7 Å². The van der Waals surface area contributed by atoms with Crippen LogP contribution in [0.4, 0.5) is 4.79 Å². The van der Waals surface area contributed by atoms with Gasteiger partial charge in [-0.2, -0.15) is 0 Å².